The van der Waals surface area contributed by atoms with Crippen molar-refractivity contribution in [1.29, 1.82) is 0 Å². The maximum atomic E-state index is 3.70. The Balaban J connectivity index is 2.32. The van der Waals surface area contributed by atoms with Crippen LogP contribution in [0.3, 0.4) is 0 Å². The molecule has 0 saturated heterocycles. The fourth-order valence-electron chi connectivity index (χ4n) is 2.86. The molecule has 4 aromatic carbocycles. The molecule has 0 fully saturated rings. The second-order valence-corrected chi connectivity index (χ2v) is 6.61. The largest absolute Gasteiger partial charge is 0.0616 e. The van der Waals surface area contributed by atoms with E-state index < -0.39 is 0 Å². The van der Waals surface area contributed by atoms with E-state index >= 15 is 0 Å². The molecule has 0 N–H and O–H groups in total. The molecule has 0 aliphatic carbocycles. The van der Waals surface area contributed by atoms with Gasteiger partial charge in [-0.3, -0.25) is 0 Å². The first-order valence-electron chi connectivity index (χ1n) is 6.44. The van der Waals surface area contributed by atoms with E-state index in [0.29, 0.717) is 0 Å². The summed E-state index contributed by atoms with van der Waals surface area (Å²) in [7, 11) is 0. The first-order valence-corrected chi connectivity index (χ1v) is 8.02. The van der Waals surface area contributed by atoms with Crippen LogP contribution in [0.5, 0.6) is 0 Å². The molecule has 96 valence electrons. The van der Waals surface area contributed by atoms with Crippen LogP contribution in [0.2, 0.25) is 0 Å². The summed E-state index contributed by atoms with van der Waals surface area (Å²) >= 11 is 7.34. The average molecular weight is 386 g/mol. The van der Waals surface area contributed by atoms with Crippen molar-refractivity contribution in [3.63, 3.8) is 0 Å². The summed E-state index contributed by atoms with van der Waals surface area (Å²) in [6, 6.07) is 21.5. The van der Waals surface area contributed by atoms with E-state index in [0.717, 1.165) is 8.95 Å². The molecule has 20 heavy (non-hydrogen) atoms. The van der Waals surface area contributed by atoms with E-state index in [2.05, 4.69) is 92.5 Å². The molecule has 0 unspecified atom stereocenters. The van der Waals surface area contributed by atoms with Gasteiger partial charge in [0.2, 0.25) is 0 Å². The topological polar surface area (TPSA) is 0 Å². The minimum Gasteiger partial charge on any atom is -0.0616 e. The predicted molar refractivity (Wildman–Crippen MR) is 94.4 cm³/mol. The van der Waals surface area contributed by atoms with Crippen LogP contribution in [0.15, 0.2) is 69.6 Å². The molecular formula is C18H10Br2. The zero-order chi connectivity index (χ0) is 13.7. The van der Waals surface area contributed by atoms with Crippen LogP contribution in [-0.4, -0.2) is 0 Å². The lowest BCUT2D eigenvalue weighted by Crippen LogP contribution is -1.82. The van der Waals surface area contributed by atoms with Crippen LogP contribution in [0, 0.1) is 0 Å². The highest BCUT2D eigenvalue weighted by Crippen LogP contribution is 2.37. The number of rotatable bonds is 0. The summed E-state index contributed by atoms with van der Waals surface area (Å²) < 4.78 is 2.27. The Hall–Kier alpha value is -1.38. The fraction of sp³-hybridized carbons (Fsp3) is 0. The van der Waals surface area contributed by atoms with E-state index in [1.165, 1.54) is 32.3 Å². The Labute approximate surface area is 133 Å². The van der Waals surface area contributed by atoms with Crippen LogP contribution >= 0.6 is 31.9 Å². The van der Waals surface area contributed by atoms with Crippen molar-refractivity contribution in [2.24, 2.45) is 0 Å². The van der Waals surface area contributed by atoms with Crippen molar-refractivity contribution in [1.82, 2.24) is 0 Å². The second-order valence-electron chi connectivity index (χ2n) is 4.90. The predicted octanol–water partition coefficient (Wildman–Crippen LogP) is 6.67. The van der Waals surface area contributed by atoms with Gasteiger partial charge in [0, 0.05) is 14.3 Å². The normalized spacial score (nSPS) is 11.5. The molecule has 0 amide bonds. The minimum atomic E-state index is 1.13. The van der Waals surface area contributed by atoms with E-state index in [1.807, 2.05) is 0 Å². The average Bonchev–Trinajstić information content (AvgIpc) is 2.50. The molecule has 0 aliphatic rings. The molecule has 4 aromatic rings. The lowest BCUT2D eigenvalue weighted by atomic mass is 9.97. The molecule has 0 saturated carbocycles. The Morgan fingerprint density at radius 2 is 1.20 bits per heavy atom. The molecule has 4 rings (SSSR count). The molecular weight excluding hydrogens is 376 g/mol. The van der Waals surface area contributed by atoms with Gasteiger partial charge in [-0.15, -0.1) is 0 Å². The van der Waals surface area contributed by atoms with Gasteiger partial charge in [-0.2, -0.15) is 0 Å². The summed E-state index contributed by atoms with van der Waals surface area (Å²) in [4.78, 5) is 0. The first-order chi connectivity index (χ1) is 9.75. The number of hydrogen-bond donors (Lipinski definition) is 0. The van der Waals surface area contributed by atoms with Crippen LogP contribution in [-0.2, 0) is 0 Å². The van der Waals surface area contributed by atoms with Gasteiger partial charge in [-0.05, 0) is 39.1 Å². The second kappa shape index (κ2) is 4.57. The third-order valence-electron chi connectivity index (χ3n) is 3.80. The monoisotopic (exact) mass is 384 g/mol. The molecule has 0 radical (unpaired) electrons. The molecule has 0 atom stereocenters. The van der Waals surface area contributed by atoms with Crippen LogP contribution in [0.25, 0.3) is 32.3 Å². The van der Waals surface area contributed by atoms with Gasteiger partial charge >= 0.3 is 0 Å². The Bertz CT molecular complexity index is 971. The van der Waals surface area contributed by atoms with Gasteiger partial charge in [0.1, 0.15) is 0 Å². The van der Waals surface area contributed by atoms with Gasteiger partial charge in [0.05, 0.1) is 0 Å². The summed E-state index contributed by atoms with van der Waals surface area (Å²) in [6.07, 6.45) is 0. The molecule has 0 heterocycles. The molecule has 0 bridgehead atoms. The first kappa shape index (κ1) is 12.4. The Kier molecular flexibility index (Phi) is 2.83. The summed E-state index contributed by atoms with van der Waals surface area (Å²) in [5, 5.41) is 7.68. The summed E-state index contributed by atoms with van der Waals surface area (Å²) in [5.74, 6) is 0. The Morgan fingerprint density at radius 1 is 0.500 bits per heavy atom. The third kappa shape index (κ3) is 1.72. The van der Waals surface area contributed by atoms with Crippen molar-refractivity contribution in [2.75, 3.05) is 0 Å². The number of benzene rings is 4. The molecule has 0 aromatic heterocycles. The quantitative estimate of drug-likeness (QED) is 0.296. The highest BCUT2D eigenvalue weighted by molar-refractivity contribution is 9.11. The molecule has 0 aliphatic heterocycles. The van der Waals surface area contributed by atoms with Gasteiger partial charge in [0.15, 0.2) is 0 Å². The van der Waals surface area contributed by atoms with Gasteiger partial charge in [0.25, 0.3) is 0 Å². The van der Waals surface area contributed by atoms with E-state index in [-0.39, 0.29) is 0 Å². The van der Waals surface area contributed by atoms with Crippen LogP contribution < -0.4 is 0 Å². The summed E-state index contributed by atoms with van der Waals surface area (Å²) in [5.41, 5.74) is 0. The zero-order valence-corrected chi connectivity index (χ0v) is 13.7. The van der Waals surface area contributed by atoms with Crippen LogP contribution in [0.1, 0.15) is 0 Å². The minimum absolute atomic E-state index is 1.13. The maximum Gasteiger partial charge on any atom is 0.0260 e. The lowest BCUT2D eigenvalue weighted by molar-refractivity contribution is 1.70. The van der Waals surface area contributed by atoms with Crippen molar-refractivity contribution < 1.29 is 0 Å². The van der Waals surface area contributed by atoms with Crippen LogP contribution in [0.4, 0.5) is 0 Å². The SMILES string of the molecule is Brc1ccc(Br)c2c1ccc1c3ccccc3ccc12. The van der Waals surface area contributed by atoms with E-state index in [4.69, 9.17) is 0 Å². The van der Waals surface area contributed by atoms with Gasteiger partial charge < -0.3 is 0 Å². The van der Waals surface area contributed by atoms with E-state index in [1.54, 1.807) is 0 Å². The summed E-state index contributed by atoms with van der Waals surface area (Å²) in [6.45, 7) is 0. The highest BCUT2D eigenvalue weighted by atomic mass is 79.9. The maximum absolute atomic E-state index is 3.70. The van der Waals surface area contributed by atoms with E-state index in [9.17, 15) is 0 Å². The third-order valence-corrected chi connectivity index (χ3v) is 5.15. The molecule has 2 heteroatoms. The van der Waals surface area contributed by atoms with Gasteiger partial charge in [-0.1, -0.05) is 80.4 Å². The zero-order valence-electron chi connectivity index (χ0n) is 10.5. The number of fused-ring (bicyclic) bond motifs is 5. The smallest absolute Gasteiger partial charge is 0.0260 e. The van der Waals surface area contributed by atoms with Crippen molar-refractivity contribution in [2.45, 2.75) is 0 Å². The standard InChI is InChI=1S/C18H10Br2/c19-16-9-10-17(20)18-14-6-5-11-3-1-2-4-12(11)13(14)7-8-15(16)18/h1-10H. The van der Waals surface area contributed by atoms with Crippen molar-refractivity contribution in [3.8, 4) is 0 Å². The molecule has 0 nitrogen and oxygen atoms in total. The highest BCUT2D eigenvalue weighted by Gasteiger charge is 2.08. The van der Waals surface area contributed by atoms with Gasteiger partial charge in [-0.25, -0.2) is 0 Å². The fourth-order valence-corrected chi connectivity index (χ4v) is 3.89. The van der Waals surface area contributed by atoms with Crippen molar-refractivity contribution >= 4 is 64.2 Å². The van der Waals surface area contributed by atoms with Crippen molar-refractivity contribution in [3.05, 3.63) is 69.6 Å². The lowest BCUT2D eigenvalue weighted by Gasteiger charge is -2.10. The Morgan fingerprint density at radius 3 is 2.10 bits per heavy atom. The molecule has 0 spiro atoms. The number of halogens is 2. The number of hydrogen-bond acceptors (Lipinski definition) is 0.